The summed E-state index contributed by atoms with van der Waals surface area (Å²) in [7, 11) is 1.83. The van der Waals surface area contributed by atoms with Crippen molar-refractivity contribution in [1.29, 1.82) is 0 Å². The van der Waals surface area contributed by atoms with Gasteiger partial charge in [0.15, 0.2) is 12.2 Å². The van der Waals surface area contributed by atoms with Crippen molar-refractivity contribution >= 4 is 35.6 Å². The molecule has 13 nitrogen and oxygen atoms in total. The Morgan fingerprint density at radius 1 is 1.00 bits per heavy atom. The fourth-order valence-electron chi connectivity index (χ4n) is 2.73. The van der Waals surface area contributed by atoms with Gasteiger partial charge in [-0.25, -0.2) is 9.59 Å². The Morgan fingerprint density at radius 3 is 2.00 bits per heavy atom. The summed E-state index contributed by atoms with van der Waals surface area (Å²) in [6, 6.07) is 0. The van der Waals surface area contributed by atoms with Crippen LogP contribution in [0.25, 0.3) is 0 Å². The summed E-state index contributed by atoms with van der Waals surface area (Å²) < 4.78 is 0. The standard InChI is InChI=1S/C17H23N3O10/c1-3-18(2)7-6-9-8-12(23)20(15(9)26)30-17(28)14(25)13(24)16(27)29-19-10(21)4-5-11(19)22/h9,13-14,24-25H,3-8H2,1-2H3. The van der Waals surface area contributed by atoms with E-state index in [0.29, 0.717) is 13.0 Å². The molecule has 4 amide bonds. The molecule has 2 aliphatic rings. The van der Waals surface area contributed by atoms with Crippen molar-refractivity contribution in [2.45, 2.75) is 44.8 Å². The molecule has 3 atom stereocenters. The number of hydrogen-bond donors (Lipinski definition) is 2. The lowest BCUT2D eigenvalue weighted by Crippen LogP contribution is -2.47. The Hall–Kier alpha value is -2.90. The highest BCUT2D eigenvalue weighted by Crippen LogP contribution is 2.24. The molecule has 0 aliphatic carbocycles. The molecule has 13 heteroatoms. The van der Waals surface area contributed by atoms with Gasteiger partial charge in [0, 0.05) is 19.3 Å². The van der Waals surface area contributed by atoms with E-state index in [4.69, 9.17) is 0 Å². The van der Waals surface area contributed by atoms with Gasteiger partial charge in [0.2, 0.25) is 0 Å². The second kappa shape index (κ2) is 9.73. The molecule has 2 heterocycles. The lowest BCUT2D eigenvalue weighted by Gasteiger charge is -2.20. The van der Waals surface area contributed by atoms with E-state index in [-0.39, 0.29) is 29.4 Å². The Kier molecular flexibility index (Phi) is 7.59. The molecule has 0 aromatic heterocycles. The molecule has 2 N–H and O–H groups in total. The zero-order valence-electron chi connectivity index (χ0n) is 16.5. The Morgan fingerprint density at radius 2 is 1.50 bits per heavy atom. The minimum Gasteiger partial charge on any atom is -0.379 e. The van der Waals surface area contributed by atoms with Gasteiger partial charge in [-0.2, -0.15) is 0 Å². The Labute approximate surface area is 171 Å². The summed E-state index contributed by atoms with van der Waals surface area (Å²) in [5.41, 5.74) is 0. The minimum absolute atomic E-state index is 0.120. The molecule has 0 bridgehead atoms. The lowest BCUT2D eigenvalue weighted by molar-refractivity contribution is -0.216. The molecule has 3 unspecified atom stereocenters. The number of aliphatic hydroxyl groups excluding tert-OH is 2. The molecule has 2 aliphatic heterocycles. The van der Waals surface area contributed by atoms with E-state index >= 15 is 0 Å². The van der Waals surface area contributed by atoms with Crippen LogP contribution < -0.4 is 0 Å². The third-order valence-electron chi connectivity index (χ3n) is 4.75. The number of nitrogens with zero attached hydrogens (tertiary/aromatic N) is 3. The summed E-state index contributed by atoms with van der Waals surface area (Å²) in [5, 5.41) is 19.9. The number of amides is 4. The van der Waals surface area contributed by atoms with Gasteiger partial charge in [-0.3, -0.25) is 19.2 Å². The quantitative estimate of drug-likeness (QED) is 0.371. The van der Waals surface area contributed by atoms with Gasteiger partial charge in [0.05, 0.1) is 5.92 Å². The third kappa shape index (κ3) is 5.17. The van der Waals surface area contributed by atoms with Crippen LogP contribution in [0, 0.1) is 5.92 Å². The molecule has 30 heavy (non-hydrogen) atoms. The second-order valence-corrected chi connectivity index (χ2v) is 6.90. The van der Waals surface area contributed by atoms with Crippen LogP contribution in [-0.2, 0) is 38.4 Å². The fraction of sp³-hybridized carbons (Fsp3) is 0.647. The summed E-state index contributed by atoms with van der Waals surface area (Å²) in [6.45, 7) is 3.19. The average molecular weight is 429 g/mol. The molecule has 2 fully saturated rings. The number of hydroxylamine groups is 4. The topological polar surface area (TPSA) is 171 Å². The second-order valence-electron chi connectivity index (χ2n) is 6.90. The molecule has 2 rings (SSSR count). The first kappa shape index (κ1) is 23.4. The van der Waals surface area contributed by atoms with Gasteiger partial charge >= 0.3 is 11.9 Å². The predicted molar refractivity (Wildman–Crippen MR) is 93.0 cm³/mol. The molecule has 0 aromatic carbocycles. The van der Waals surface area contributed by atoms with E-state index in [9.17, 15) is 39.0 Å². The molecular formula is C17H23N3O10. The molecule has 2 saturated heterocycles. The van der Waals surface area contributed by atoms with E-state index in [1.165, 1.54) is 0 Å². The number of aliphatic hydroxyl groups is 2. The van der Waals surface area contributed by atoms with Crippen molar-refractivity contribution in [3.8, 4) is 0 Å². The summed E-state index contributed by atoms with van der Waals surface area (Å²) in [6.07, 6.45) is -5.29. The van der Waals surface area contributed by atoms with Crippen LogP contribution in [0.2, 0.25) is 0 Å². The highest BCUT2D eigenvalue weighted by molar-refractivity contribution is 6.04. The van der Waals surface area contributed by atoms with Gasteiger partial charge in [-0.1, -0.05) is 6.92 Å². The monoisotopic (exact) mass is 429 g/mol. The van der Waals surface area contributed by atoms with Crippen molar-refractivity contribution in [1.82, 2.24) is 15.0 Å². The number of imide groups is 2. The van der Waals surface area contributed by atoms with E-state index in [1.54, 1.807) is 0 Å². The summed E-state index contributed by atoms with van der Waals surface area (Å²) in [4.78, 5) is 81.7. The molecule has 0 aromatic rings. The van der Waals surface area contributed by atoms with Gasteiger partial charge < -0.3 is 24.8 Å². The number of hydrogen-bond acceptors (Lipinski definition) is 11. The molecule has 0 saturated carbocycles. The fourth-order valence-corrected chi connectivity index (χ4v) is 2.73. The summed E-state index contributed by atoms with van der Waals surface area (Å²) in [5.74, 6) is -7.28. The van der Waals surface area contributed by atoms with Crippen LogP contribution >= 0.6 is 0 Å². The van der Waals surface area contributed by atoms with Crippen molar-refractivity contribution in [3.05, 3.63) is 0 Å². The normalized spacial score (nSPS) is 21.4. The van der Waals surface area contributed by atoms with Gasteiger partial charge in [-0.05, 0) is 26.6 Å². The Balaban J connectivity index is 1.91. The van der Waals surface area contributed by atoms with Crippen LogP contribution in [-0.4, -0.2) is 93.2 Å². The van der Waals surface area contributed by atoms with Crippen LogP contribution in [0.4, 0.5) is 0 Å². The zero-order valence-corrected chi connectivity index (χ0v) is 16.5. The van der Waals surface area contributed by atoms with E-state index in [0.717, 1.165) is 6.54 Å². The number of carbonyl (C=O) groups excluding carboxylic acids is 6. The summed E-state index contributed by atoms with van der Waals surface area (Å²) >= 11 is 0. The highest BCUT2D eigenvalue weighted by atomic mass is 16.7. The lowest BCUT2D eigenvalue weighted by atomic mass is 10.0. The van der Waals surface area contributed by atoms with Crippen molar-refractivity contribution in [2.24, 2.45) is 5.92 Å². The SMILES string of the molecule is CCN(C)CCC1CC(=O)N(OC(=O)C(O)C(O)C(=O)ON2C(=O)CCC2=O)C1=O. The molecule has 166 valence electrons. The maximum Gasteiger partial charge on any atom is 0.364 e. The van der Waals surface area contributed by atoms with Crippen LogP contribution in [0.15, 0.2) is 0 Å². The average Bonchev–Trinajstić information content (AvgIpc) is 3.17. The molecule has 0 radical (unpaired) electrons. The first-order valence-corrected chi connectivity index (χ1v) is 9.27. The smallest absolute Gasteiger partial charge is 0.364 e. The van der Waals surface area contributed by atoms with E-state index < -0.39 is 53.7 Å². The third-order valence-corrected chi connectivity index (χ3v) is 4.75. The largest absolute Gasteiger partial charge is 0.379 e. The van der Waals surface area contributed by atoms with Crippen molar-refractivity contribution in [3.63, 3.8) is 0 Å². The van der Waals surface area contributed by atoms with E-state index in [2.05, 4.69) is 9.68 Å². The minimum atomic E-state index is -2.53. The van der Waals surface area contributed by atoms with Gasteiger partial charge in [0.1, 0.15) is 0 Å². The number of carbonyl (C=O) groups is 6. The zero-order chi connectivity index (χ0) is 22.6. The first-order valence-electron chi connectivity index (χ1n) is 9.27. The maximum absolute atomic E-state index is 12.3. The predicted octanol–water partition coefficient (Wildman–Crippen LogP) is -2.51. The van der Waals surface area contributed by atoms with Crippen molar-refractivity contribution in [2.75, 3.05) is 20.1 Å². The van der Waals surface area contributed by atoms with E-state index in [1.807, 2.05) is 18.9 Å². The van der Waals surface area contributed by atoms with Gasteiger partial charge in [-0.15, -0.1) is 10.1 Å². The number of rotatable bonds is 9. The van der Waals surface area contributed by atoms with Crippen LogP contribution in [0.5, 0.6) is 0 Å². The van der Waals surface area contributed by atoms with Crippen molar-refractivity contribution < 1.29 is 48.7 Å². The molecular weight excluding hydrogens is 406 g/mol. The first-order chi connectivity index (χ1) is 14.1. The Bertz CT molecular complexity index is 738. The van der Waals surface area contributed by atoms with Gasteiger partial charge in [0.25, 0.3) is 23.6 Å². The van der Waals surface area contributed by atoms with Crippen LogP contribution in [0.1, 0.15) is 32.6 Å². The molecule has 0 spiro atoms. The highest BCUT2D eigenvalue weighted by Gasteiger charge is 2.44. The van der Waals surface area contributed by atoms with Crippen LogP contribution in [0.3, 0.4) is 0 Å². The maximum atomic E-state index is 12.3.